The highest BCUT2D eigenvalue weighted by Gasteiger charge is 2.17. The van der Waals surface area contributed by atoms with Crippen molar-refractivity contribution in [1.82, 2.24) is 15.2 Å². The maximum Gasteiger partial charge on any atom is 0.270 e. The summed E-state index contributed by atoms with van der Waals surface area (Å²) < 4.78 is 5.15. The van der Waals surface area contributed by atoms with Crippen LogP contribution >= 0.6 is 11.3 Å². The van der Waals surface area contributed by atoms with Gasteiger partial charge >= 0.3 is 0 Å². The second kappa shape index (κ2) is 10.7. The van der Waals surface area contributed by atoms with Crippen LogP contribution in [0.25, 0.3) is 0 Å². The number of hydrogen-bond acceptors (Lipinski definition) is 5. The van der Waals surface area contributed by atoms with E-state index in [9.17, 15) is 9.59 Å². The van der Waals surface area contributed by atoms with Crippen molar-refractivity contribution in [3.05, 3.63) is 45.9 Å². The third-order valence-electron chi connectivity index (χ3n) is 4.01. The molecule has 0 bridgehead atoms. The van der Waals surface area contributed by atoms with Crippen LogP contribution in [0.3, 0.4) is 0 Å². The summed E-state index contributed by atoms with van der Waals surface area (Å²) in [7, 11) is 1.62. The fourth-order valence-electron chi connectivity index (χ4n) is 2.57. The Labute approximate surface area is 164 Å². The Morgan fingerprint density at radius 1 is 1.19 bits per heavy atom. The van der Waals surface area contributed by atoms with E-state index in [0.717, 1.165) is 29.2 Å². The standard InChI is InChI=1S/C20H27N3O3S/c1-4-10-21-20(25)17-14-27-18(22-17)13-23(11-5-2)19(24)12-15-6-8-16(26-3)9-7-15/h6-9,14H,4-5,10-13H2,1-3H3,(H,21,25). The number of aromatic nitrogens is 1. The Morgan fingerprint density at radius 3 is 2.56 bits per heavy atom. The molecule has 1 N–H and O–H groups in total. The molecule has 27 heavy (non-hydrogen) atoms. The average Bonchev–Trinajstić information content (AvgIpc) is 3.15. The van der Waals surface area contributed by atoms with Gasteiger partial charge in [-0.3, -0.25) is 9.59 Å². The summed E-state index contributed by atoms with van der Waals surface area (Å²) >= 11 is 1.41. The predicted molar refractivity (Wildman–Crippen MR) is 107 cm³/mol. The molecule has 1 aromatic heterocycles. The minimum absolute atomic E-state index is 0.0502. The number of carbonyl (C=O) groups excluding carboxylic acids is 2. The summed E-state index contributed by atoms with van der Waals surface area (Å²) in [6.45, 7) is 5.76. The molecule has 1 heterocycles. The summed E-state index contributed by atoms with van der Waals surface area (Å²) in [4.78, 5) is 30.9. The Bertz CT molecular complexity index is 743. The van der Waals surface area contributed by atoms with E-state index in [4.69, 9.17) is 4.74 Å². The minimum atomic E-state index is -0.161. The van der Waals surface area contributed by atoms with E-state index < -0.39 is 0 Å². The summed E-state index contributed by atoms with van der Waals surface area (Å²) in [6.07, 6.45) is 2.08. The van der Waals surface area contributed by atoms with E-state index in [1.165, 1.54) is 11.3 Å². The summed E-state index contributed by atoms with van der Waals surface area (Å²) in [5.74, 6) is 0.661. The second-order valence-corrected chi connectivity index (χ2v) is 7.17. The van der Waals surface area contributed by atoms with Crippen LogP contribution < -0.4 is 10.1 Å². The SMILES string of the molecule is CCCNC(=O)c1csc(CN(CCC)C(=O)Cc2ccc(OC)cc2)n1. The van der Waals surface area contributed by atoms with Crippen molar-refractivity contribution in [3.63, 3.8) is 0 Å². The third-order valence-corrected chi connectivity index (χ3v) is 4.84. The van der Waals surface area contributed by atoms with Gasteiger partial charge in [0.1, 0.15) is 16.5 Å². The zero-order valence-electron chi connectivity index (χ0n) is 16.2. The largest absolute Gasteiger partial charge is 0.497 e. The van der Waals surface area contributed by atoms with Crippen molar-refractivity contribution in [2.75, 3.05) is 20.2 Å². The molecule has 0 aliphatic carbocycles. The normalized spacial score (nSPS) is 10.5. The number of carbonyl (C=O) groups is 2. The third kappa shape index (κ3) is 6.36. The van der Waals surface area contributed by atoms with Crippen molar-refractivity contribution in [3.8, 4) is 5.75 Å². The molecule has 2 aromatic rings. The van der Waals surface area contributed by atoms with Crippen LogP contribution in [0.15, 0.2) is 29.6 Å². The summed E-state index contributed by atoms with van der Waals surface area (Å²) in [5.41, 5.74) is 1.36. The van der Waals surface area contributed by atoms with Crippen LogP contribution in [0.5, 0.6) is 5.75 Å². The van der Waals surface area contributed by atoms with Gasteiger partial charge in [-0.2, -0.15) is 0 Å². The molecule has 2 rings (SSSR count). The van der Waals surface area contributed by atoms with Gasteiger partial charge in [-0.25, -0.2) is 4.98 Å². The minimum Gasteiger partial charge on any atom is -0.497 e. The molecule has 0 aliphatic heterocycles. The van der Waals surface area contributed by atoms with Gasteiger partial charge < -0.3 is 15.0 Å². The van der Waals surface area contributed by atoms with E-state index in [2.05, 4.69) is 10.3 Å². The first-order chi connectivity index (χ1) is 13.1. The van der Waals surface area contributed by atoms with E-state index in [1.54, 1.807) is 17.4 Å². The predicted octanol–water partition coefficient (Wildman–Crippen LogP) is 3.27. The van der Waals surface area contributed by atoms with Crippen LogP contribution in [0.4, 0.5) is 0 Å². The molecule has 2 amide bonds. The fourth-order valence-corrected chi connectivity index (χ4v) is 3.36. The van der Waals surface area contributed by atoms with Gasteiger partial charge in [-0.1, -0.05) is 26.0 Å². The highest BCUT2D eigenvalue weighted by Crippen LogP contribution is 2.16. The molecule has 6 nitrogen and oxygen atoms in total. The average molecular weight is 390 g/mol. The Morgan fingerprint density at radius 2 is 1.93 bits per heavy atom. The second-order valence-electron chi connectivity index (χ2n) is 6.22. The van der Waals surface area contributed by atoms with Crippen LogP contribution in [-0.4, -0.2) is 41.9 Å². The fraction of sp³-hybridized carbons (Fsp3) is 0.450. The maximum absolute atomic E-state index is 12.7. The Kier molecular flexibility index (Phi) is 8.26. The van der Waals surface area contributed by atoms with Crippen molar-refractivity contribution in [2.45, 2.75) is 39.7 Å². The number of ether oxygens (including phenoxy) is 1. The highest BCUT2D eigenvalue weighted by molar-refractivity contribution is 7.09. The topological polar surface area (TPSA) is 71.5 Å². The van der Waals surface area contributed by atoms with Gasteiger partial charge in [0.05, 0.1) is 20.1 Å². The van der Waals surface area contributed by atoms with E-state index in [-0.39, 0.29) is 11.8 Å². The number of nitrogens with zero attached hydrogens (tertiary/aromatic N) is 2. The van der Waals surface area contributed by atoms with Gasteiger partial charge in [-0.15, -0.1) is 11.3 Å². The van der Waals surface area contributed by atoms with Crippen LogP contribution in [0.1, 0.15) is 47.7 Å². The van der Waals surface area contributed by atoms with Crippen molar-refractivity contribution >= 4 is 23.2 Å². The number of thiazole rings is 1. The molecule has 1 aromatic carbocycles. The molecule has 0 aliphatic rings. The Hall–Kier alpha value is -2.41. The van der Waals surface area contributed by atoms with Crippen molar-refractivity contribution in [1.29, 1.82) is 0 Å². The molecule has 0 unspecified atom stereocenters. The lowest BCUT2D eigenvalue weighted by atomic mass is 10.1. The highest BCUT2D eigenvalue weighted by atomic mass is 32.1. The zero-order valence-corrected chi connectivity index (χ0v) is 17.0. The Balaban J connectivity index is 2.00. The first-order valence-corrected chi connectivity index (χ1v) is 10.1. The van der Waals surface area contributed by atoms with Gasteiger partial charge in [0.25, 0.3) is 5.91 Å². The molecule has 7 heteroatoms. The van der Waals surface area contributed by atoms with E-state index in [0.29, 0.717) is 31.7 Å². The molecule has 0 fully saturated rings. The number of hydrogen-bond donors (Lipinski definition) is 1. The van der Waals surface area contributed by atoms with Crippen molar-refractivity contribution in [2.24, 2.45) is 0 Å². The van der Waals surface area contributed by atoms with Gasteiger partial charge in [0, 0.05) is 18.5 Å². The number of benzene rings is 1. The number of methoxy groups -OCH3 is 1. The first kappa shape index (κ1) is 20.9. The molecule has 0 saturated heterocycles. The maximum atomic E-state index is 12.7. The lowest BCUT2D eigenvalue weighted by Gasteiger charge is -2.21. The van der Waals surface area contributed by atoms with E-state index >= 15 is 0 Å². The number of rotatable bonds is 10. The van der Waals surface area contributed by atoms with Crippen LogP contribution in [0, 0.1) is 0 Å². The monoisotopic (exact) mass is 389 g/mol. The molecular weight excluding hydrogens is 362 g/mol. The van der Waals surface area contributed by atoms with Crippen LogP contribution in [0.2, 0.25) is 0 Å². The summed E-state index contributed by atoms with van der Waals surface area (Å²) in [5, 5.41) is 5.34. The smallest absolute Gasteiger partial charge is 0.270 e. The van der Waals surface area contributed by atoms with Crippen molar-refractivity contribution < 1.29 is 14.3 Å². The quantitative estimate of drug-likeness (QED) is 0.677. The van der Waals surface area contributed by atoms with Crippen LogP contribution in [-0.2, 0) is 17.8 Å². The molecular formula is C20H27N3O3S. The van der Waals surface area contributed by atoms with Gasteiger partial charge in [-0.05, 0) is 30.5 Å². The molecule has 0 radical (unpaired) electrons. The number of nitrogens with one attached hydrogen (secondary N) is 1. The number of amides is 2. The zero-order chi connectivity index (χ0) is 19.6. The van der Waals surface area contributed by atoms with Gasteiger partial charge in [0.2, 0.25) is 5.91 Å². The molecule has 0 spiro atoms. The summed E-state index contributed by atoms with van der Waals surface area (Å²) in [6, 6.07) is 7.52. The lowest BCUT2D eigenvalue weighted by molar-refractivity contribution is -0.131. The molecule has 146 valence electrons. The molecule has 0 saturated carbocycles. The van der Waals surface area contributed by atoms with Gasteiger partial charge in [0.15, 0.2) is 0 Å². The first-order valence-electron chi connectivity index (χ1n) is 9.20. The van der Waals surface area contributed by atoms with E-state index in [1.807, 2.05) is 38.1 Å². The molecule has 0 atom stereocenters. The lowest BCUT2D eigenvalue weighted by Crippen LogP contribution is -2.32.